The minimum Gasteiger partial charge on any atom is -0.467 e. The number of rotatable bonds is 6. The number of nitrogens with one attached hydrogen (secondary N) is 1. The fraction of sp³-hybridized carbons (Fsp3) is 0.529. The molecule has 0 radical (unpaired) electrons. The highest BCUT2D eigenvalue weighted by molar-refractivity contribution is 5.74. The molecule has 2 heterocycles. The van der Waals surface area contributed by atoms with Gasteiger partial charge in [0, 0.05) is 12.5 Å². The Morgan fingerprint density at radius 1 is 1.35 bits per heavy atom. The van der Waals surface area contributed by atoms with Crippen LogP contribution in [0, 0.1) is 0 Å². The van der Waals surface area contributed by atoms with Crippen molar-refractivity contribution in [1.82, 2.24) is 14.9 Å². The van der Waals surface area contributed by atoms with Crippen molar-refractivity contribution < 1.29 is 14.3 Å². The quantitative estimate of drug-likeness (QED) is 0.651. The summed E-state index contributed by atoms with van der Waals surface area (Å²) in [5, 5.41) is 0. The normalized spacial score (nSPS) is 16.7. The summed E-state index contributed by atoms with van der Waals surface area (Å²) in [6.45, 7) is 3.51. The Morgan fingerprint density at radius 3 is 2.87 bits per heavy atom. The van der Waals surface area contributed by atoms with E-state index in [9.17, 15) is 4.79 Å². The Hall–Kier alpha value is -1.92. The van der Waals surface area contributed by atoms with Gasteiger partial charge in [0.15, 0.2) is 0 Å². The van der Waals surface area contributed by atoms with Crippen LogP contribution in [-0.4, -0.2) is 60.8 Å². The molecule has 1 aromatic carbocycles. The molecule has 6 heteroatoms. The Labute approximate surface area is 135 Å². The molecule has 23 heavy (non-hydrogen) atoms. The van der Waals surface area contributed by atoms with Crippen LogP contribution in [0.1, 0.15) is 24.6 Å². The third kappa shape index (κ3) is 4.09. The molecule has 1 fully saturated rings. The first-order chi connectivity index (χ1) is 11.3. The molecular formula is C17H23N3O3. The van der Waals surface area contributed by atoms with Crippen molar-refractivity contribution in [2.45, 2.75) is 18.8 Å². The van der Waals surface area contributed by atoms with Gasteiger partial charge in [0.25, 0.3) is 0 Å². The monoisotopic (exact) mass is 317 g/mol. The molecule has 1 aliphatic rings. The number of imidazole rings is 1. The van der Waals surface area contributed by atoms with E-state index in [1.54, 1.807) is 0 Å². The second-order valence-corrected chi connectivity index (χ2v) is 5.88. The molecular weight excluding hydrogens is 294 g/mol. The predicted molar refractivity (Wildman–Crippen MR) is 87.3 cm³/mol. The predicted octanol–water partition coefficient (Wildman–Crippen LogP) is 1.93. The topological polar surface area (TPSA) is 67.5 Å². The molecule has 1 aliphatic heterocycles. The number of fused-ring (bicyclic) bond motifs is 1. The van der Waals surface area contributed by atoms with E-state index in [1.165, 1.54) is 7.11 Å². The largest absolute Gasteiger partial charge is 0.467 e. The molecule has 0 bridgehead atoms. The molecule has 0 atom stereocenters. The number of aromatic nitrogens is 2. The average molecular weight is 317 g/mol. The van der Waals surface area contributed by atoms with E-state index in [2.05, 4.69) is 20.7 Å². The summed E-state index contributed by atoms with van der Waals surface area (Å²) >= 11 is 0. The van der Waals surface area contributed by atoms with E-state index < -0.39 is 0 Å². The first-order valence-corrected chi connectivity index (χ1v) is 8.08. The molecule has 124 valence electrons. The average Bonchev–Trinajstić information content (AvgIpc) is 3.03. The van der Waals surface area contributed by atoms with Crippen molar-refractivity contribution in [1.29, 1.82) is 0 Å². The van der Waals surface area contributed by atoms with E-state index in [1.807, 2.05) is 18.2 Å². The number of likely N-dealkylation sites (tertiary alicyclic amines) is 1. The van der Waals surface area contributed by atoms with Crippen molar-refractivity contribution in [2.75, 3.05) is 40.0 Å². The number of nitrogens with zero attached hydrogens (tertiary/aromatic N) is 2. The lowest BCUT2D eigenvalue weighted by Gasteiger charge is -2.30. The van der Waals surface area contributed by atoms with Gasteiger partial charge < -0.3 is 19.4 Å². The fourth-order valence-electron chi connectivity index (χ4n) is 3.00. The van der Waals surface area contributed by atoms with E-state index in [-0.39, 0.29) is 12.6 Å². The first kappa shape index (κ1) is 16.0. The minimum atomic E-state index is -0.325. The van der Waals surface area contributed by atoms with Crippen molar-refractivity contribution in [3.05, 3.63) is 30.1 Å². The van der Waals surface area contributed by atoms with Crippen LogP contribution < -0.4 is 0 Å². The van der Waals surface area contributed by atoms with Gasteiger partial charge in [-0.1, -0.05) is 12.1 Å². The third-order valence-corrected chi connectivity index (χ3v) is 4.38. The second-order valence-electron chi connectivity index (χ2n) is 5.88. The van der Waals surface area contributed by atoms with E-state index in [0.29, 0.717) is 12.5 Å². The van der Waals surface area contributed by atoms with Gasteiger partial charge in [0.05, 0.1) is 24.8 Å². The molecule has 1 aromatic heterocycles. The fourth-order valence-corrected chi connectivity index (χ4v) is 3.00. The number of piperidine rings is 1. The van der Waals surface area contributed by atoms with Crippen LogP contribution >= 0.6 is 0 Å². The standard InChI is InChI=1S/C17H23N3O3/c1-22-16(21)12-23-11-10-20-8-6-13(7-9-20)17-18-14-4-2-3-5-15(14)19-17/h2-5,13H,6-12H2,1H3,(H,18,19). The molecule has 1 saturated heterocycles. The third-order valence-electron chi connectivity index (χ3n) is 4.38. The number of carbonyl (C=O) groups excluding carboxylic acids is 1. The van der Waals surface area contributed by atoms with Crippen LogP contribution in [0.5, 0.6) is 0 Å². The molecule has 1 N–H and O–H groups in total. The van der Waals surface area contributed by atoms with E-state index in [0.717, 1.165) is 49.3 Å². The number of esters is 1. The van der Waals surface area contributed by atoms with E-state index >= 15 is 0 Å². The lowest BCUT2D eigenvalue weighted by molar-refractivity contribution is -0.146. The maximum Gasteiger partial charge on any atom is 0.331 e. The number of benzene rings is 1. The molecule has 0 saturated carbocycles. The summed E-state index contributed by atoms with van der Waals surface area (Å²) in [6, 6.07) is 8.16. The van der Waals surface area contributed by atoms with Gasteiger partial charge in [-0.15, -0.1) is 0 Å². The van der Waals surface area contributed by atoms with Crippen LogP contribution in [0.15, 0.2) is 24.3 Å². The van der Waals surface area contributed by atoms with Gasteiger partial charge >= 0.3 is 5.97 Å². The smallest absolute Gasteiger partial charge is 0.331 e. The molecule has 0 spiro atoms. The molecule has 0 aliphatic carbocycles. The minimum absolute atomic E-state index is 0.0337. The maximum atomic E-state index is 11.0. The maximum absolute atomic E-state index is 11.0. The van der Waals surface area contributed by atoms with Crippen LogP contribution in [0.4, 0.5) is 0 Å². The van der Waals surface area contributed by atoms with Gasteiger partial charge in [-0.05, 0) is 38.1 Å². The van der Waals surface area contributed by atoms with Crippen LogP contribution in [0.3, 0.4) is 0 Å². The SMILES string of the molecule is COC(=O)COCCN1CCC(c2nc3ccccc3[nH]2)CC1. The summed E-state index contributed by atoms with van der Waals surface area (Å²) in [7, 11) is 1.37. The molecule has 2 aromatic rings. The van der Waals surface area contributed by atoms with Gasteiger partial charge in [-0.25, -0.2) is 9.78 Å². The van der Waals surface area contributed by atoms with Gasteiger partial charge in [0.1, 0.15) is 12.4 Å². The summed E-state index contributed by atoms with van der Waals surface area (Å²) in [6.07, 6.45) is 2.19. The lowest BCUT2D eigenvalue weighted by atomic mass is 9.96. The Morgan fingerprint density at radius 2 is 2.13 bits per heavy atom. The van der Waals surface area contributed by atoms with Gasteiger partial charge in [0.2, 0.25) is 0 Å². The highest BCUT2D eigenvalue weighted by Gasteiger charge is 2.22. The number of carbonyl (C=O) groups is 1. The molecule has 0 unspecified atom stereocenters. The zero-order valence-corrected chi connectivity index (χ0v) is 13.5. The first-order valence-electron chi connectivity index (χ1n) is 8.08. The Balaban J connectivity index is 1.44. The van der Waals surface area contributed by atoms with Crippen molar-refractivity contribution in [3.63, 3.8) is 0 Å². The van der Waals surface area contributed by atoms with E-state index in [4.69, 9.17) is 9.72 Å². The van der Waals surface area contributed by atoms with Gasteiger partial charge in [-0.2, -0.15) is 0 Å². The van der Waals surface area contributed by atoms with Gasteiger partial charge in [-0.3, -0.25) is 0 Å². The highest BCUT2D eigenvalue weighted by atomic mass is 16.6. The van der Waals surface area contributed by atoms with Crippen molar-refractivity contribution >= 4 is 17.0 Å². The molecule has 3 rings (SSSR count). The number of hydrogen-bond acceptors (Lipinski definition) is 5. The number of aromatic amines is 1. The summed E-state index contributed by atoms with van der Waals surface area (Å²) in [4.78, 5) is 21.5. The summed E-state index contributed by atoms with van der Waals surface area (Å²) < 4.78 is 9.85. The number of ether oxygens (including phenoxy) is 2. The summed E-state index contributed by atoms with van der Waals surface area (Å²) in [5.41, 5.74) is 2.15. The van der Waals surface area contributed by atoms with Crippen LogP contribution in [-0.2, 0) is 14.3 Å². The number of para-hydroxylation sites is 2. The van der Waals surface area contributed by atoms with Crippen molar-refractivity contribution in [3.8, 4) is 0 Å². The second kappa shape index (κ2) is 7.57. The number of methoxy groups -OCH3 is 1. The Kier molecular flexibility index (Phi) is 5.25. The summed E-state index contributed by atoms with van der Waals surface area (Å²) in [5.74, 6) is 1.27. The number of hydrogen-bond donors (Lipinski definition) is 1. The molecule has 6 nitrogen and oxygen atoms in total. The lowest BCUT2D eigenvalue weighted by Crippen LogP contribution is -2.35. The Bertz CT molecular complexity index is 614. The van der Waals surface area contributed by atoms with Crippen LogP contribution in [0.2, 0.25) is 0 Å². The van der Waals surface area contributed by atoms with Crippen molar-refractivity contribution in [2.24, 2.45) is 0 Å². The zero-order valence-electron chi connectivity index (χ0n) is 13.5. The number of H-pyrrole nitrogens is 1. The molecule has 0 amide bonds. The highest BCUT2D eigenvalue weighted by Crippen LogP contribution is 2.27. The van der Waals surface area contributed by atoms with Crippen LogP contribution in [0.25, 0.3) is 11.0 Å². The zero-order chi connectivity index (χ0) is 16.1.